The summed E-state index contributed by atoms with van der Waals surface area (Å²) >= 11 is 5.36. The van der Waals surface area contributed by atoms with Crippen molar-refractivity contribution in [2.45, 2.75) is 9.79 Å². The Labute approximate surface area is 215 Å². The van der Waals surface area contributed by atoms with Gasteiger partial charge >= 0.3 is 0 Å². The van der Waals surface area contributed by atoms with E-state index in [1.807, 2.05) is 0 Å². The summed E-state index contributed by atoms with van der Waals surface area (Å²) in [7, 11) is 0. The minimum absolute atomic E-state index is 1.07. The van der Waals surface area contributed by atoms with Gasteiger partial charge in [-0.2, -0.15) is 0 Å². The van der Waals surface area contributed by atoms with Crippen LogP contribution in [0.15, 0.2) is 123 Å². The molecule has 0 amide bonds. The molecular formula is C30H20BrN3S. The third kappa shape index (κ3) is 3.51. The number of H-pyrrole nitrogens is 1. The molecule has 0 unspecified atom stereocenters. The molecule has 168 valence electrons. The highest BCUT2D eigenvalue weighted by molar-refractivity contribution is 9.10. The number of anilines is 5. The van der Waals surface area contributed by atoms with E-state index in [0.29, 0.717) is 0 Å². The van der Waals surface area contributed by atoms with E-state index >= 15 is 0 Å². The zero-order valence-electron chi connectivity index (χ0n) is 18.6. The summed E-state index contributed by atoms with van der Waals surface area (Å²) in [6.07, 6.45) is 0. The van der Waals surface area contributed by atoms with Crippen LogP contribution in [0.5, 0.6) is 0 Å². The van der Waals surface area contributed by atoms with Crippen molar-refractivity contribution in [3.05, 3.63) is 114 Å². The Hall–Kier alpha value is -3.67. The standard InChI is InChI=1S/C30H20BrN3S/c31-19-12-14-20(15-13-19)34-27-10-4-3-9-25(27)32-26-18-21(16-17-28(26)34)35-29-11-5-7-23-22-6-1-2-8-24(22)33-30(23)29/h1-18,32-33H. The van der Waals surface area contributed by atoms with Crippen molar-refractivity contribution in [2.24, 2.45) is 0 Å². The van der Waals surface area contributed by atoms with Gasteiger partial charge in [0.15, 0.2) is 0 Å². The van der Waals surface area contributed by atoms with Crippen molar-refractivity contribution in [1.29, 1.82) is 0 Å². The molecule has 0 atom stereocenters. The number of fused-ring (bicyclic) bond motifs is 5. The van der Waals surface area contributed by atoms with Crippen LogP contribution in [-0.4, -0.2) is 4.98 Å². The summed E-state index contributed by atoms with van der Waals surface area (Å²) < 4.78 is 1.07. The molecule has 1 aliphatic rings. The maximum atomic E-state index is 3.66. The molecule has 2 heterocycles. The Kier molecular flexibility index (Phi) is 4.86. The van der Waals surface area contributed by atoms with Crippen molar-refractivity contribution in [1.82, 2.24) is 4.98 Å². The summed E-state index contributed by atoms with van der Waals surface area (Å²) in [5.41, 5.74) is 7.97. The normalized spacial score (nSPS) is 12.4. The quantitative estimate of drug-likeness (QED) is 0.237. The van der Waals surface area contributed by atoms with Gasteiger partial charge in [0, 0.05) is 36.2 Å². The van der Waals surface area contributed by atoms with Crippen LogP contribution in [0.2, 0.25) is 0 Å². The molecule has 0 fully saturated rings. The van der Waals surface area contributed by atoms with Gasteiger partial charge < -0.3 is 15.2 Å². The molecule has 2 N–H and O–H groups in total. The maximum absolute atomic E-state index is 3.66. The van der Waals surface area contributed by atoms with E-state index in [0.717, 1.165) is 32.9 Å². The van der Waals surface area contributed by atoms with Gasteiger partial charge in [-0.15, -0.1) is 0 Å². The number of nitrogens with one attached hydrogen (secondary N) is 2. The minimum atomic E-state index is 1.07. The summed E-state index contributed by atoms with van der Waals surface area (Å²) in [5.74, 6) is 0. The first-order chi connectivity index (χ1) is 17.2. The lowest BCUT2D eigenvalue weighted by Gasteiger charge is -2.34. The van der Waals surface area contributed by atoms with Crippen LogP contribution >= 0.6 is 27.7 Å². The van der Waals surface area contributed by atoms with E-state index in [1.165, 1.54) is 31.6 Å². The van der Waals surface area contributed by atoms with Crippen molar-refractivity contribution >= 4 is 77.9 Å². The molecule has 5 aromatic carbocycles. The Morgan fingerprint density at radius 2 is 1.43 bits per heavy atom. The molecule has 1 aliphatic heterocycles. The van der Waals surface area contributed by atoms with E-state index in [2.05, 4.69) is 140 Å². The fourth-order valence-electron chi connectivity index (χ4n) is 4.85. The molecule has 3 nitrogen and oxygen atoms in total. The van der Waals surface area contributed by atoms with Crippen LogP contribution in [0.1, 0.15) is 0 Å². The Morgan fingerprint density at radius 1 is 0.657 bits per heavy atom. The van der Waals surface area contributed by atoms with Crippen molar-refractivity contribution in [2.75, 3.05) is 10.2 Å². The number of hydrogen-bond donors (Lipinski definition) is 2. The zero-order chi connectivity index (χ0) is 23.4. The largest absolute Gasteiger partial charge is 0.354 e. The van der Waals surface area contributed by atoms with Gasteiger partial charge in [0.2, 0.25) is 0 Å². The molecule has 0 bridgehead atoms. The van der Waals surface area contributed by atoms with E-state index < -0.39 is 0 Å². The van der Waals surface area contributed by atoms with Crippen molar-refractivity contribution in [3.63, 3.8) is 0 Å². The molecule has 6 aromatic rings. The van der Waals surface area contributed by atoms with Gasteiger partial charge in [-0.3, -0.25) is 0 Å². The second-order valence-electron chi connectivity index (χ2n) is 8.58. The predicted molar refractivity (Wildman–Crippen MR) is 152 cm³/mol. The number of hydrogen-bond acceptors (Lipinski definition) is 3. The molecule has 0 saturated heterocycles. The molecule has 35 heavy (non-hydrogen) atoms. The fraction of sp³-hybridized carbons (Fsp3) is 0. The highest BCUT2D eigenvalue weighted by atomic mass is 79.9. The van der Waals surface area contributed by atoms with Crippen LogP contribution < -0.4 is 10.2 Å². The van der Waals surface area contributed by atoms with E-state index in [1.54, 1.807) is 11.8 Å². The number of aromatic nitrogens is 1. The topological polar surface area (TPSA) is 31.1 Å². The van der Waals surface area contributed by atoms with Crippen LogP contribution in [0, 0.1) is 0 Å². The Balaban J connectivity index is 1.31. The number of halogens is 1. The molecule has 5 heteroatoms. The molecule has 0 aliphatic carbocycles. The number of aromatic amines is 1. The molecule has 0 spiro atoms. The van der Waals surface area contributed by atoms with E-state index in [4.69, 9.17) is 0 Å². The number of para-hydroxylation sites is 4. The first-order valence-corrected chi connectivity index (χ1v) is 13.1. The monoisotopic (exact) mass is 533 g/mol. The summed E-state index contributed by atoms with van der Waals surface area (Å²) in [6, 6.07) is 38.6. The highest BCUT2D eigenvalue weighted by Gasteiger charge is 2.24. The van der Waals surface area contributed by atoms with Crippen LogP contribution in [0.3, 0.4) is 0 Å². The summed E-state index contributed by atoms with van der Waals surface area (Å²) in [5, 5.41) is 6.19. The molecule has 1 aromatic heterocycles. The third-order valence-corrected chi connectivity index (χ3v) is 8.02. The lowest BCUT2D eigenvalue weighted by Crippen LogP contribution is -2.17. The maximum Gasteiger partial charge on any atom is 0.0698 e. The molecule has 7 rings (SSSR count). The van der Waals surface area contributed by atoms with Crippen LogP contribution in [-0.2, 0) is 0 Å². The lowest BCUT2D eigenvalue weighted by molar-refractivity contribution is 1.23. The Morgan fingerprint density at radius 3 is 2.34 bits per heavy atom. The number of nitrogens with zero attached hydrogens (tertiary/aromatic N) is 1. The fourth-order valence-corrected chi connectivity index (χ4v) is 6.09. The summed E-state index contributed by atoms with van der Waals surface area (Å²) in [4.78, 5) is 8.36. The van der Waals surface area contributed by atoms with Gasteiger partial charge in [-0.1, -0.05) is 70.2 Å². The van der Waals surface area contributed by atoms with Gasteiger partial charge in [-0.25, -0.2) is 0 Å². The smallest absolute Gasteiger partial charge is 0.0698 e. The number of benzene rings is 5. The second kappa shape index (κ2) is 8.22. The number of rotatable bonds is 3. The van der Waals surface area contributed by atoms with E-state index in [-0.39, 0.29) is 0 Å². The Bertz CT molecular complexity index is 1720. The first-order valence-electron chi connectivity index (χ1n) is 11.5. The van der Waals surface area contributed by atoms with Gasteiger partial charge in [0.1, 0.15) is 0 Å². The first kappa shape index (κ1) is 20.7. The van der Waals surface area contributed by atoms with Gasteiger partial charge in [-0.05, 0) is 66.7 Å². The van der Waals surface area contributed by atoms with E-state index in [9.17, 15) is 0 Å². The second-order valence-corrected chi connectivity index (χ2v) is 10.6. The lowest BCUT2D eigenvalue weighted by atomic mass is 10.1. The molecule has 0 radical (unpaired) electrons. The SMILES string of the molecule is Brc1ccc(N2c3ccccc3Nc3cc(Sc4cccc5c4[nH]c4ccccc45)ccc32)cc1. The van der Waals surface area contributed by atoms with Crippen LogP contribution in [0.4, 0.5) is 28.4 Å². The zero-order valence-corrected chi connectivity index (χ0v) is 21.0. The van der Waals surface area contributed by atoms with Crippen LogP contribution in [0.25, 0.3) is 21.8 Å². The third-order valence-electron chi connectivity index (χ3n) is 6.44. The minimum Gasteiger partial charge on any atom is -0.354 e. The van der Waals surface area contributed by atoms with Gasteiger partial charge in [0.05, 0.1) is 28.3 Å². The molecule has 0 saturated carbocycles. The van der Waals surface area contributed by atoms with Gasteiger partial charge in [0.25, 0.3) is 0 Å². The predicted octanol–water partition coefficient (Wildman–Crippen LogP) is 9.76. The summed E-state index contributed by atoms with van der Waals surface area (Å²) in [6.45, 7) is 0. The average Bonchev–Trinajstić information content (AvgIpc) is 3.28. The van der Waals surface area contributed by atoms with Crippen molar-refractivity contribution in [3.8, 4) is 0 Å². The molecular weight excluding hydrogens is 514 g/mol. The van der Waals surface area contributed by atoms with Crippen molar-refractivity contribution < 1.29 is 0 Å². The average molecular weight is 534 g/mol. The highest BCUT2D eigenvalue weighted by Crippen LogP contribution is 2.49.